The van der Waals surface area contributed by atoms with Gasteiger partial charge in [0.05, 0.1) is 0 Å². The maximum atomic E-state index is 13.8. The topological polar surface area (TPSA) is 97.7 Å². The highest BCUT2D eigenvalue weighted by atomic mass is 35.5. The lowest BCUT2D eigenvalue weighted by molar-refractivity contribution is -0.196. The lowest BCUT2D eigenvalue weighted by Gasteiger charge is -2.58. The summed E-state index contributed by atoms with van der Waals surface area (Å²) >= 11 is 6.93. The third-order valence-corrected chi connectivity index (χ3v) is 9.35. The first kappa shape index (κ1) is 23.4. The monoisotopic (exact) mass is 462 g/mol. The highest BCUT2D eigenvalue weighted by Gasteiger charge is 2.73. The summed E-state index contributed by atoms with van der Waals surface area (Å²) in [5.41, 5.74) is -2.25. The van der Waals surface area contributed by atoms with Crippen molar-refractivity contribution in [2.75, 3.05) is 6.61 Å². The van der Waals surface area contributed by atoms with E-state index in [2.05, 4.69) is 0 Å². The normalized spacial score (nSPS) is 44.9. The standard InChI is InChI=1S/C25H31ClO6/c1-5-20(31)32-25(19(30)12-27)13(2)8-16-21-17(26)10-14-9-15(28)6-7-23(14,3)22(21)18(29)11-24(16,25)4/h6-7,9,13,16-17,21-22,27H,5,8,10-12H2,1-4H3/t13?,16-,17?,21+,22-,23-,24-,25-/m0/s1. The number of hydrogen-bond donors (Lipinski definition) is 1. The molecule has 3 saturated carbocycles. The summed E-state index contributed by atoms with van der Waals surface area (Å²) in [6.07, 6.45) is 6.17. The van der Waals surface area contributed by atoms with Crippen LogP contribution < -0.4 is 0 Å². The molecule has 0 amide bonds. The van der Waals surface area contributed by atoms with Crippen LogP contribution in [-0.2, 0) is 23.9 Å². The van der Waals surface area contributed by atoms with Crippen molar-refractivity contribution in [3.63, 3.8) is 0 Å². The third-order valence-electron chi connectivity index (χ3n) is 8.91. The molecule has 2 unspecified atom stereocenters. The predicted molar refractivity (Wildman–Crippen MR) is 118 cm³/mol. The molecule has 0 aromatic carbocycles. The van der Waals surface area contributed by atoms with Gasteiger partial charge in [0.1, 0.15) is 12.4 Å². The highest BCUT2D eigenvalue weighted by molar-refractivity contribution is 6.21. The maximum Gasteiger partial charge on any atom is 0.306 e. The van der Waals surface area contributed by atoms with Gasteiger partial charge in [-0.3, -0.25) is 19.2 Å². The van der Waals surface area contributed by atoms with Gasteiger partial charge in [-0.25, -0.2) is 0 Å². The van der Waals surface area contributed by atoms with Gasteiger partial charge in [-0.15, -0.1) is 11.6 Å². The van der Waals surface area contributed by atoms with E-state index in [4.69, 9.17) is 16.3 Å². The number of aliphatic hydroxyl groups excluding tert-OH is 1. The highest BCUT2D eigenvalue weighted by Crippen LogP contribution is 2.68. The molecule has 32 heavy (non-hydrogen) atoms. The summed E-state index contributed by atoms with van der Waals surface area (Å²) in [6, 6.07) is 0. The Hall–Kier alpha value is -1.79. The third kappa shape index (κ3) is 2.88. The van der Waals surface area contributed by atoms with Gasteiger partial charge in [0.2, 0.25) is 5.78 Å². The Bertz CT molecular complexity index is 952. The van der Waals surface area contributed by atoms with Gasteiger partial charge in [-0.2, -0.15) is 0 Å². The number of aliphatic hydroxyl groups is 1. The molecule has 3 fully saturated rings. The largest absolute Gasteiger partial charge is 0.450 e. The van der Waals surface area contributed by atoms with Gasteiger partial charge in [0, 0.05) is 40.9 Å². The average molecular weight is 463 g/mol. The van der Waals surface area contributed by atoms with Gasteiger partial charge < -0.3 is 9.84 Å². The van der Waals surface area contributed by atoms with E-state index in [0.717, 1.165) is 5.57 Å². The number of esters is 1. The summed E-state index contributed by atoms with van der Waals surface area (Å²) in [7, 11) is 0. The second-order valence-corrected chi connectivity index (χ2v) is 11.0. The number of hydrogen-bond acceptors (Lipinski definition) is 6. The van der Waals surface area contributed by atoms with Crippen molar-refractivity contribution >= 4 is 34.9 Å². The molecule has 4 aliphatic rings. The number of alkyl halides is 1. The van der Waals surface area contributed by atoms with Gasteiger partial charge in [0.15, 0.2) is 11.4 Å². The minimum atomic E-state index is -1.56. The molecular weight excluding hydrogens is 432 g/mol. The Morgan fingerprint density at radius 2 is 1.97 bits per heavy atom. The van der Waals surface area contributed by atoms with E-state index < -0.39 is 40.7 Å². The molecule has 0 aliphatic heterocycles. The first-order valence-corrected chi connectivity index (χ1v) is 11.9. The maximum absolute atomic E-state index is 13.8. The first-order valence-electron chi connectivity index (χ1n) is 11.4. The number of rotatable bonds is 4. The number of ether oxygens (including phenoxy) is 1. The van der Waals surface area contributed by atoms with Crippen molar-refractivity contribution in [1.29, 1.82) is 0 Å². The van der Waals surface area contributed by atoms with Crippen LogP contribution in [0.1, 0.15) is 53.4 Å². The molecule has 0 aromatic heterocycles. The zero-order chi connectivity index (χ0) is 23.6. The van der Waals surface area contributed by atoms with Crippen molar-refractivity contribution in [2.45, 2.75) is 64.4 Å². The number of halogens is 1. The molecule has 4 aliphatic carbocycles. The molecule has 4 rings (SSSR count). The zero-order valence-electron chi connectivity index (χ0n) is 19.0. The minimum Gasteiger partial charge on any atom is -0.450 e. The number of carbonyl (C=O) groups excluding carboxylic acids is 4. The van der Waals surface area contributed by atoms with Crippen LogP contribution in [0.4, 0.5) is 0 Å². The van der Waals surface area contributed by atoms with E-state index in [0.29, 0.717) is 12.8 Å². The van der Waals surface area contributed by atoms with E-state index in [9.17, 15) is 24.3 Å². The van der Waals surface area contributed by atoms with Crippen LogP contribution in [0.25, 0.3) is 0 Å². The van der Waals surface area contributed by atoms with Crippen LogP contribution in [0.3, 0.4) is 0 Å². The van der Waals surface area contributed by atoms with Crippen LogP contribution in [0.5, 0.6) is 0 Å². The molecule has 0 heterocycles. The Kier molecular flexibility index (Phi) is 5.57. The fourth-order valence-electron chi connectivity index (χ4n) is 7.51. The molecule has 7 heteroatoms. The Balaban J connectivity index is 1.85. The lowest BCUT2D eigenvalue weighted by atomic mass is 9.46. The fourth-order valence-corrected chi connectivity index (χ4v) is 7.99. The Morgan fingerprint density at radius 1 is 1.28 bits per heavy atom. The van der Waals surface area contributed by atoms with Gasteiger partial charge in [0.25, 0.3) is 0 Å². The second kappa shape index (κ2) is 7.63. The molecule has 174 valence electrons. The molecule has 8 atom stereocenters. The van der Waals surface area contributed by atoms with Crippen LogP contribution in [0, 0.1) is 34.5 Å². The molecule has 0 bridgehead atoms. The quantitative estimate of drug-likeness (QED) is 0.509. The van der Waals surface area contributed by atoms with Crippen LogP contribution >= 0.6 is 11.6 Å². The fraction of sp³-hybridized carbons (Fsp3) is 0.680. The van der Waals surface area contributed by atoms with Crippen LogP contribution in [0.2, 0.25) is 0 Å². The zero-order valence-corrected chi connectivity index (χ0v) is 19.8. The summed E-state index contributed by atoms with van der Waals surface area (Å²) < 4.78 is 5.88. The van der Waals surface area contributed by atoms with Crippen LogP contribution in [-0.4, -0.2) is 46.0 Å². The number of carbonyl (C=O) groups is 4. The minimum absolute atomic E-state index is 0.0386. The molecule has 0 spiro atoms. The molecule has 0 aromatic rings. The number of Topliss-reactive ketones (excluding diaryl/α,β-unsaturated/α-hetero) is 2. The molecule has 6 nitrogen and oxygen atoms in total. The van der Waals surface area contributed by atoms with E-state index >= 15 is 0 Å². The van der Waals surface area contributed by atoms with Crippen molar-refractivity contribution in [1.82, 2.24) is 0 Å². The lowest BCUT2D eigenvalue weighted by Crippen LogP contribution is -2.64. The second-order valence-electron chi connectivity index (χ2n) is 10.4. The Morgan fingerprint density at radius 3 is 2.59 bits per heavy atom. The predicted octanol–water partition coefficient (Wildman–Crippen LogP) is 3.19. The van der Waals surface area contributed by atoms with Crippen molar-refractivity contribution < 1.29 is 29.0 Å². The number of allylic oxidation sites excluding steroid dienone is 4. The van der Waals surface area contributed by atoms with E-state index in [1.807, 2.05) is 26.8 Å². The number of ketones is 3. The molecular formula is C25H31ClO6. The van der Waals surface area contributed by atoms with Gasteiger partial charge >= 0.3 is 5.97 Å². The van der Waals surface area contributed by atoms with E-state index in [1.54, 1.807) is 13.0 Å². The summed E-state index contributed by atoms with van der Waals surface area (Å²) in [4.78, 5) is 51.5. The average Bonchev–Trinajstić information content (AvgIpc) is 2.95. The molecule has 0 radical (unpaired) electrons. The molecule has 0 saturated heterocycles. The van der Waals surface area contributed by atoms with Gasteiger partial charge in [-0.1, -0.05) is 39.3 Å². The van der Waals surface area contributed by atoms with Crippen molar-refractivity contribution in [2.24, 2.45) is 34.5 Å². The van der Waals surface area contributed by atoms with Gasteiger partial charge in [-0.05, 0) is 36.8 Å². The van der Waals surface area contributed by atoms with E-state index in [-0.39, 0.29) is 47.5 Å². The Labute approximate surface area is 193 Å². The summed E-state index contributed by atoms with van der Waals surface area (Å²) in [6.45, 7) is 6.60. The SMILES string of the molecule is CCC(=O)O[C@]1(C(=O)CO)C(C)C[C@H]2[C@@H]3C(Cl)CC4=CC(=O)C=C[C@]4(C)[C@H]3C(=O)C[C@@]21C. The smallest absolute Gasteiger partial charge is 0.306 e. The van der Waals surface area contributed by atoms with Crippen molar-refractivity contribution in [3.8, 4) is 0 Å². The van der Waals surface area contributed by atoms with Crippen LogP contribution in [0.15, 0.2) is 23.8 Å². The number of fused-ring (bicyclic) bond motifs is 5. The summed E-state index contributed by atoms with van der Waals surface area (Å²) in [5.74, 6) is -2.37. The first-order chi connectivity index (χ1) is 15.0. The molecule has 1 N–H and O–H groups in total. The summed E-state index contributed by atoms with van der Waals surface area (Å²) in [5, 5.41) is 9.45. The van der Waals surface area contributed by atoms with Crippen molar-refractivity contribution in [3.05, 3.63) is 23.8 Å². The van der Waals surface area contributed by atoms with E-state index in [1.165, 1.54) is 6.08 Å².